The van der Waals surface area contributed by atoms with Crippen LogP contribution >= 0.6 is 11.3 Å². The lowest BCUT2D eigenvalue weighted by molar-refractivity contribution is -0.140. The first kappa shape index (κ1) is 18.6. The zero-order valence-corrected chi connectivity index (χ0v) is 16.0. The average Bonchev–Trinajstić information content (AvgIpc) is 2.75. The van der Waals surface area contributed by atoms with E-state index >= 15 is 0 Å². The van der Waals surface area contributed by atoms with E-state index in [1.807, 2.05) is 0 Å². The molecule has 2 N–H and O–H groups in total. The molecule has 0 fully saturated rings. The van der Waals surface area contributed by atoms with Gasteiger partial charge in [-0.2, -0.15) is 0 Å². The summed E-state index contributed by atoms with van der Waals surface area (Å²) in [6, 6.07) is -0.974. The summed E-state index contributed by atoms with van der Waals surface area (Å²) >= 11 is 1.16. The number of nitrogens with one attached hydrogen (secondary N) is 1. The second-order valence-corrected chi connectivity index (χ2v) is 8.06. The normalized spacial score (nSPS) is 15.5. The van der Waals surface area contributed by atoms with Crippen molar-refractivity contribution in [3.63, 3.8) is 0 Å². The molecule has 0 aliphatic carbocycles. The highest BCUT2D eigenvalue weighted by atomic mass is 32.1. The average molecular weight is 377 g/mol. The maximum absolute atomic E-state index is 12.9. The number of fused-ring (bicyclic) bond motifs is 2. The van der Waals surface area contributed by atoms with E-state index in [0.29, 0.717) is 27.2 Å². The molecule has 1 aliphatic heterocycles. The van der Waals surface area contributed by atoms with Gasteiger partial charge in [-0.15, -0.1) is 11.3 Å². The number of carbonyl (C=O) groups is 2. The van der Waals surface area contributed by atoms with E-state index in [1.165, 1.54) is 0 Å². The third-order valence-corrected chi connectivity index (χ3v) is 6.02. The molecular formula is C18H23N3O4S. The van der Waals surface area contributed by atoms with Crippen LogP contribution in [-0.4, -0.2) is 32.6 Å². The predicted octanol–water partition coefficient (Wildman–Crippen LogP) is 2.33. The smallest absolute Gasteiger partial charge is 0.326 e. The largest absolute Gasteiger partial charge is 0.480 e. The summed E-state index contributed by atoms with van der Waals surface area (Å²) in [5.41, 5.74) is 0.478. The minimum Gasteiger partial charge on any atom is -0.480 e. The second-order valence-electron chi connectivity index (χ2n) is 7.07. The number of aromatic nitrogens is 2. The van der Waals surface area contributed by atoms with Crippen molar-refractivity contribution in [2.24, 2.45) is 5.92 Å². The van der Waals surface area contributed by atoms with Gasteiger partial charge in [-0.05, 0) is 31.2 Å². The molecular weight excluding hydrogens is 354 g/mol. The Bertz CT molecular complexity index is 929. The van der Waals surface area contributed by atoms with Crippen LogP contribution in [0.4, 0.5) is 0 Å². The number of carboxylic acid groups (broad SMARTS) is 1. The Morgan fingerprint density at radius 3 is 2.65 bits per heavy atom. The van der Waals surface area contributed by atoms with Crippen LogP contribution in [0.3, 0.4) is 0 Å². The summed E-state index contributed by atoms with van der Waals surface area (Å²) < 4.78 is 1.73. The van der Waals surface area contributed by atoms with Crippen LogP contribution in [0.2, 0.25) is 0 Å². The summed E-state index contributed by atoms with van der Waals surface area (Å²) in [4.78, 5) is 42.5. The van der Waals surface area contributed by atoms with Gasteiger partial charge in [0.15, 0.2) is 0 Å². The van der Waals surface area contributed by atoms with Crippen molar-refractivity contribution >= 4 is 33.4 Å². The fourth-order valence-electron chi connectivity index (χ4n) is 3.35. The Morgan fingerprint density at radius 1 is 1.27 bits per heavy atom. The molecule has 3 rings (SSSR count). The predicted molar refractivity (Wildman–Crippen MR) is 99.9 cm³/mol. The minimum atomic E-state index is -1.07. The third-order valence-electron chi connectivity index (χ3n) is 4.84. The number of hydrogen-bond donors (Lipinski definition) is 2. The SMILES string of the molecule is Cc1c(C(=O)N[C@@H](C(=O)O)C(C)C)sc2nc3n(c(=O)c12)CCCCC3. The molecule has 0 unspecified atom stereocenters. The number of amides is 1. The molecule has 140 valence electrons. The molecule has 3 heterocycles. The molecule has 7 nitrogen and oxygen atoms in total. The van der Waals surface area contributed by atoms with Gasteiger partial charge >= 0.3 is 5.97 Å². The van der Waals surface area contributed by atoms with Crippen molar-refractivity contribution in [3.05, 3.63) is 26.6 Å². The molecule has 0 saturated carbocycles. The first-order valence-electron chi connectivity index (χ1n) is 8.87. The number of nitrogens with zero attached hydrogens (tertiary/aromatic N) is 2. The Kier molecular flexibility index (Phi) is 5.13. The third kappa shape index (κ3) is 3.25. The summed E-state index contributed by atoms with van der Waals surface area (Å²) in [5, 5.41) is 12.3. The van der Waals surface area contributed by atoms with Gasteiger partial charge in [0.1, 0.15) is 16.7 Å². The van der Waals surface area contributed by atoms with Gasteiger partial charge < -0.3 is 10.4 Å². The number of aliphatic carboxylic acids is 1. The Balaban J connectivity index is 2.04. The number of rotatable bonds is 4. The molecule has 0 spiro atoms. The van der Waals surface area contributed by atoms with Crippen LogP contribution < -0.4 is 10.9 Å². The van der Waals surface area contributed by atoms with Gasteiger partial charge in [0, 0.05) is 13.0 Å². The van der Waals surface area contributed by atoms with Crippen LogP contribution in [-0.2, 0) is 17.8 Å². The monoisotopic (exact) mass is 377 g/mol. The van der Waals surface area contributed by atoms with Gasteiger partial charge in [0.2, 0.25) is 0 Å². The van der Waals surface area contributed by atoms with Gasteiger partial charge in [-0.3, -0.25) is 14.2 Å². The fourth-order valence-corrected chi connectivity index (χ4v) is 4.44. The molecule has 8 heteroatoms. The fraction of sp³-hybridized carbons (Fsp3) is 0.556. The lowest BCUT2D eigenvalue weighted by Crippen LogP contribution is -2.44. The van der Waals surface area contributed by atoms with Crippen LogP contribution in [0.5, 0.6) is 0 Å². The molecule has 2 aromatic rings. The van der Waals surface area contributed by atoms with Gasteiger partial charge in [0.25, 0.3) is 11.5 Å². The maximum Gasteiger partial charge on any atom is 0.326 e. The Morgan fingerprint density at radius 2 is 2.00 bits per heavy atom. The van der Waals surface area contributed by atoms with Crippen LogP contribution in [0.25, 0.3) is 10.2 Å². The Hall–Kier alpha value is -2.22. The van der Waals surface area contributed by atoms with Crippen molar-refractivity contribution in [2.45, 2.75) is 59.0 Å². The van der Waals surface area contributed by atoms with E-state index < -0.39 is 17.9 Å². The topological polar surface area (TPSA) is 101 Å². The molecule has 0 bridgehead atoms. The van der Waals surface area contributed by atoms with E-state index in [4.69, 9.17) is 0 Å². The standard InChI is InChI=1S/C18H23N3O4S/c1-9(2)13(18(24)25)20-15(22)14-10(3)12-16(26-14)19-11-7-5-4-6-8-21(11)17(12)23/h9,13H,4-8H2,1-3H3,(H,20,22)(H,24,25)/t13-/m1/s1. The van der Waals surface area contributed by atoms with Crippen LogP contribution in [0.1, 0.15) is 54.2 Å². The highest BCUT2D eigenvalue weighted by Crippen LogP contribution is 2.28. The minimum absolute atomic E-state index is 0.0988. The van der Waals surface area contributed by atoms with Crippen molar-refractivity contribution in [1.29, 1.82) is 0 Å². The molecule has 1 atom stereocenters. The second kappa shape index (κ2) is 7.19. The first-order chi connectivity index (χ1) is 12.3. The summed E-state index contributed by atoms with van der Waals surface area (Å²) in [6.45, 7) is 5.86. The highest BCUT2D eigenvalue weighted by molar-refractivity contribution is 7.20. The van der Waals surface area contributed by atoms with Gasteiger partial charge in [-0.1, -0.05) is 20.3 Å². The van der Waals surface area contributed by atoms with Crippen molar-refractivity contribution < 1.29 is 14.7 Å². The highest BCUT2D eigenvalue weighted by Gasteiger charge is 2.27. The number of thiophene rings is 1. The molecule has 0 saturated heterocycles. The molecule has 1 amide bonds. The van der Waals surface area contributed by atoms with Crippen LogP contribution in [0, 0.1) is 12.8 Å². The summed E-state index contributed by atoms with van der Waals surface area (Å²) in [5.74, 6) is -1.01. The molecule has 1 aliphatic rings. The lowest BCUT2D eigenvalue weighted by atomic mass is 10.0. The number of carboxylic acids is 1. The van der Waals surface area contributed by atoms with E-state index in [2.05, 4.69) is 10.3 Å². The van der Waals surface area contributed by atoms with Crippen molar-refractivity contribution in [3.8, 4) is 0 Å². The van der Waals surface area contributed by atoms with E-state index in [0.717, 1.165) is 42.8 Å². The number of carbonyl (C=O) groups excluding carboxylic acids is 1. The van der Waals surface area contributed by atoms with Crippen molar-refractivity contribution in [2.75, 3.05) is 0 Å². The van der Waals surface area contributed by atoms with E-state index in [-0.39, 0.29) is 11.5 Å². The molecule has 0 radical (unpaired) electrons. The summed E-state index contributed by atoms with van der Waals surface area (Å²) in [7, 11) is 0. The number of hydrogen-bond acceptors (Lipinski definition) is 5. The van der Waals surface area contributed by atoms with Gasteiger partial charge in [-0.25, -0.2) is 9.78 Å². The first-order valence-corrected chi connectivity index (χ1v) is 9.69. The number of aryl methyl sites for hydroxylation is 2. The van der Waals surface area contributed by atoms with Crippen LogP contribution in [0.15, 0.2) is 4.79 Å². The lowest BCUT2D eigenvalue weighted by Gasteiger charge is -2.17. The quantitative estimate of drug-likeness (QED) is 0.851. The zero-order chi connectivity index (χ0) is 19.0. The maximum atomic E-state index is 12.9. The Labute approximate surface area is 155 Å². The molecule has 2 aromatic heterocycles. The van der Waals surface area contributed by atoms with E-state index in [1.54, 1.807) is 25.3 Å². The van der Waals surface area contributed by atoms with Gasteiger partial charge in [0.05, 0.1) is 10.3 Å². The van der Waals surface area contributed by atoms with Crippen molar-refractivity contribution in [1.82, 2.24) is 14.9 Å². The van der Waals surface area contributed by atoms with E-state index in [9.17, 15) is 19.5 Å². The molecule has 0 aromatic carbocycles. The molecule has 26 heavy (non-hydrogen) atoms. The zero-order valence-electron chi connectivity index (χ0n) is 15.2. The summed E-state index contributed by atoms with van der Waals surface area (Å²) in [6.07, 6.45) is 3.79.